The van der Waals surface area contributed by atoms with Gasteiger partial charge in [0.15, 0.2) is 0 Å². The third-order valence-corrected chi connectivity index (χ3v) is 3.30. The first kappa shape index (κ1) is 16.0. The fourth-order valence-electron chi connectivity index (χ4n) is 1.66. The minimum Gasteiger partial charge on any atom is -0.396 e. The second kappa shape index (κ2) is 6.43. The van der Waals surface area contributed by atoms with E-state index in [4.69, 9.17) is 5.11 Å². The van der Waals surface area contributed by atoms with E-state index in [2.05, 4.69) is 21.2 Å². The first-order valence-electron chi connectivity index (χ1n) is 5.81. The van der Waals surface area contributed by atoms with Gasteiger partial charge in [-0.15, -0.1) is 0 Å². The molecule has 19 heavy (non-hydrogen) atoms. The van der Waals surface area contributed by atoms with E-state index in [1.807, 2.05) is 0 Å². The Labute approximate surface area is 119 Å². The first-order valence-corrected chi connectivity index (χ1v) is 6.60. The summed E-state index contributed by atoms with van der Waals surface area (Å²) < 4.78 is 27.3. The number of carbonyl (C=O) groups excluding carboxylic acids is 1. The summed E-state index contributed by atoms with van der Waals surface area (Å²) in [6.07, 6.45) is -0.0197. The monoisotopic (exact) mass is 335 g/mol. The molecule has 2 N–H and O–H groups in total. The lowest BCUT2D eigenvalue weighted by atomic mass is 10.0. The molecule has 0 fully saturated rings. The molecule has 0 heterocycles. The van der Waals surface area contributed by atoms with Gasteiger partial charge >= 0.3 is 0 Å². The molecule has 6 heteroatoms. The van der Waals surface area contributed by atoms with Crippen molar-refractivity contribution in [1.29, 1.82) is 0 Å². The van der Waals surface area contributed by atoms with Gasteiger partial charge in [0.05, 0.1) is 10.9 Å². The molecule has 1 aromatic rings. The van der Waals surface area contributed by atoms with Gasteiger partial charge in [0.25, 0.3) is 0 Å². The predicted octanol–water partition coefficient (Wildman–Crippen LogP) is 2.55. The highest BCUT2D eigenvalue weighted by molar-refractivity contribution is 9.10. The first-order chi connectivity index (χ1) is 8.76. The average molecular weight is 336 g/mol. The quantitative estimate of drug-likeness (QED) is 0.812. The van der Waals surface area contributed by atoms with Gasteiger partial charge in [-0.25, -0.2) is 8.78 Å². The molecule has 0 unspecified atom stereocenters. The number of carbonyl (C=O) groups is 1. The van der Waals surface area contributed by atoms with E-state index >= 15 is 0 Å². The molecule has 0 saturated carbocycles. The molecule has 0 spiro atoms. The number of nitrogens with one attached hydrogen (secondary N) is 1. The largest absolute Gasteiger partial charge is 0.396 e. The molecular weight excluding hydrogens is 320 g/mol. The minimum atomic E-state index is -0.768. The van der Waals surface area contributed by atoms with Crippen LogP contribution in [0.3, 0.4) is 0 Å². The summed E-state index contributed by atoms with van der Waals surface area (Å²) in [5, 5.41) is 11.5. The minimum absolute atomic E-state index is 0.0765. The van der Waals surface area contributed by atoms with Crippen molar-refractivity contribution < 1.29 is 18.7 Å². The molecule has 1 rings (SSSR count). The highest BCUT2D eigenvalue weighted by atomic mass is 79.9. The van der Waals surface area contributed by atoms with E-state index < -0.39 is 23.1 Å². The maximum Gasteiger partial charge on any atom is 0.225 e. The molecule has 0 aliphatic carbocycles. The fourth-order valence-corrected chi connectivity index (χ4v) is 2.03. The Balaban J connectivity index is 2.81. The summed E-state index contributed by atoms with van der Waals surface area (Å²) in [7, 11) is 0. The highest BCUT2D eigenvalue weighted by Gasteiger charge is 2.22. The Hall–Kier alpha value is -1.01. The summed E-state index contributed by atoms with van der Waals surface area (Å²) in [6, 6.07) is 2.36. The Morgan fingerprint density at radius 1 is 1.42 bits per heavy atom. The number of aliphatic hydroxyl groups excluding tert-OH is 1. The second-order valence-corrected chi connectivity index (χ2v) is 5.76. The molecule has 0 aliphatic heterocycles. The average Bonchev–Trinajstić information content (AvgIpc) is 2.29. The van der Waals surface area contributed by atoms with Gasteiger partial charge in [-0.1, -0.05) is 0 Å². The normalized spacial score (nSPS) is 11.5. The molecule has 0 radical (unpaired) electrons. The Morgan fingerprint density at radius 3 is 2.63 bits per heavy atom. The molecule has 0 saturated heterocycles. The number of hydrogen-bond acceptors (Lipinski definition) is 2. The molecular formula is C13H16BrF2NO2. The van der Waals surface area contributed by atoms with Crippen LogP contribution < -0.4 is 5.32 Å². The molecule has 0 bridgehead atoms. The highest BCUT2D eigenvalue weighted by Crippen LogP contribution is 2.22. The van der Waals surface area contributed by atoms with Gasteiger partial charge in [0.2, 0.25) is 5.91 Å². The van der Waals surface area contributed by atoms with Crippen molar-refractivity contribution in [2.45, 2.75) is 32.2 Å². The fraction of sp³-hybridized carbons (Fsp3) is 0.462. The van der Waals surface area contributed by atoms with Gasteiger partial charge in [-0.05, 0) is 48.3 Å². The number of halogens is 3. The van der Waals surface area contributed by atoms with E-state index in [0.29, 0.717) is 6.42 Å². The van der Waals surface area contributed by atoms with Crippen molar-refractivity contribution in [3.05, 3.63) is 33.8 Å². The molecule has 1 aromatic carbocycles. The summed E-state index contributed by atoms with van der Waals surface area (Å²) in [4.78, 5) is 11.8. The van der Waals surface area contributed by atoms with Gasteiger partial charge < -0.3 is 10.4 Å². The number of hydrogen-bond donors (Lipinski definition) is 2. The van der Waals surface area contributed by atoms with Crippen LogP contribution in [0.4, 0.5) is 8.78 Å². The van der Waals surface area contributed by atoms with Gasteiger partial charge in [-0.2, -0.15) is 0 Å². The number of benzene rings is 1. The van der Waals surface area contributed by atoms with Crippen LogP contribution in [-0.4, -0.2) is 23.2 Å². The van der Waals surface area contributed by atoms with E-state index in [9.17, 15) is 13.6 Å². The molecule has 0 aromatic heterocycles. The third kappa shape index (κ3) is 4.54. The predicted molar refractivity (Wildman–Crippen MR) is 71.7 cm³/mol. The van der Waals surface area contributed by atoms with Crippen molar-refractivity contribution in [1.82, 2.24) is 5.32 Å². The smallest absolute Gasteiger partial charge is 0.225 e. The summed E-state index contributed by atoms with van der Waals surface area (Å²) in [6.45, 7) is 3.39. The lowest BCUT2D eigenvalue weighted by Gasteiger charge is -2.25. The van der Waals surface area contributed by atoms with Crippen LogP contribution in [0.1, 0.15) is 25.8 Å². The number of rotatable bonds is 5. The summed E-state index contributed by atoms with van der Waals surface area (Å²) in [5.74, 6) is -2.01. The van der Waals surface area contributed by atoms with Crippen LogP contribution >= 0.6 is 15.9 Å². The summed E-state index contributed by atoms with van der Waals surface area (Å²) >= 11 is 2.95. The van der Waals surface area contributed by atoms with Crippen molar-refractivity contribution in [2.75, 3.05) is 6.61 Å². The van der Waals surface area contributed by atoms with E-state index in [-0.39, 0.29) is 23.1 Å². The van der Waals surface area contributed by atoms with Crippen molar-refractivity contribution in [3.8, 4) is 0 Å². The van der Waals surface area contributed by atoms with Crippen molar-refractivity contribution in [2.24, 2.45) is 0 Å². The summed E-state index contributed by atoms with van der Waals surface area (Å²) in [5.41, 5.74) is -0.892. The van der Waals surface area contributed by atoms with Crippen LogP contribution in [0.25, 0.3) is 0 Å². The topological polar surface area (TPSA) is 49.3 Å². The van der Waals surface area contributed by atoms with Crippen LogP contribution in [-0.2, 0) is 11.2 Å². The van der Waals surface area contributed by atoms with Crippen LogP contribution in [0.2, 0.25) is 0 Å². The number of aliphatic hydroxyl groups is 1. The second-order valence-electron chi connectivity index (χ2n) is 4.90. The molecule has 0 aliphatic rings. The molecule has 3 nitrogen and oxygen atoms in total. The lowest BCUT2D eigenvalue weighted by Crippen LogP contribution is -2.44. The van der Waals surface area contributed by atoms with Gasteiger partial charge in [-0.3, -0.25) is 4.79 Å². The lowest BCUT2D eigenvalue weighted by molar-refractivity contribution is -0.122. The zero-order chi connectivity index (χ0) is 14.6. The van der Waals surface area contributed by atoms with Gasteiger partial charge in [0.1, 0.15) is 11.6 Å². The van der Waals surface area contributed by atoms with Gasteiger partial charge in [0, 0.05) is 17.7 Å². The third-order valence-electron chi connectivity index (χ3n) is 2.69. The van der Waals surface area contributed by atoms with Crippen LogP contribution in [0.5, 0.6) is 0 Å². The van der Waals surface area contributed by atoms with Crippen LogP contribution in [0, 0.1) is 11.6 Å². The zero-order valence-corrected chi connectivity index (χ0v) is 12.4. The van der Waals surface area contributed by atoms with Crippen molar-refractivity contribution >= 4 is 21.8 Å². The van der Waals surface area contributed by atoms with E-state index in [1.165, 1.54) is 6.07 Å². The number of amides is 1. The molecule has 1 amide bonds. The molecule has 106 valence electrons. The zero-order valence-electron chi connectivity index (χ0n) is 10.8. The standard InChI is InChI=1S/C13H16BrF2NO2/c1-13(2,5-6-18)17-11(19)7-8-10(15)4-3-9(14)12(8)16/h3-4,18H,5-7H2,1-2H3,(H,17,19). The Bertz CT molecular complexity index is 478. The van der Waals surface area contributed by atoms with E-state index in [0.717, 1.165) is 6.07 Å². The maximum absolute atomic E-state index is 13.7. The molecule has 0 atom stereocenters. The Kier molecular flexibility index (Phi) is 5.43. The van der Waals surface area contributed by atoms with Crippen molar-refractivity contribution in [3.63, 3.8) is 0 Å². The maximum atomic E-state index is 13.7. The Morgan fingerprint density at radius 2 is 2.05 bits per heavy atom. The SMILES string of the molecule is CC(C)(CCO)NC(=O)Cc1c(F)ccc(Br)c1F. The van der Waals surface area contributed by atoms with E-state index in [1.54, 1.807) is 13.8 Å². The van der Waals surface area contributed by atoms with Crippen LogP contribution in [0.15, 0.2) is 16.6 Å².